The number of fused-ring (bicyclic) bond motifs is 1. The van der Waals surface area contributed by atoms with Gasteiger partial charge in [-0.15, -0.1) is 0 Å². The Morgan fingerprint density at radius 2 is 1.67 bits per heavy atom. The Kier molecular flexibility index (Phi) is 2.17. The first kappa shape index (κ1) is 11.1. The maximum absolute atomic E-state index is 12.3. The minimum Gasteiger partial charge on any atom is -0.268 e. The molecule has 0 fully saturated rings. The van der Waals surface area contributed by atoms with Crippen LogP contribution < -0.4 is 0 Å². The lowest BCUT2D eigenvalue weighted by Gasteiger charge is -2.24. The summed E-state index contributed by atoms with van der Waals surface area (Å²) in [4.78, 5) is 30.4. The number of hydrogen-bond donors (Lipinski definition) is 0. The van der Waals surface area contributed by atoms with Gasteiger partial charge in [0.05, 0.1) is 16.8 Å². The highest BCUT2D eigenvalue weighted by atomic mass is 16.2. The van der Waals surface area contributed by atoms with Crippen LogP contribution in [0.25, 0.3) is 0 Å². The third-order valence-electron chi connectivity index (χ3n) is 3.72. The summed E-state index contributed by atoms with van der Waals surface area (Å²) in [6, 6.07) is 6.96. The lowest BCUT2D eigenvalue weighted by molar-refractivity contribution is 0.0565. The van der Waals surface area contributed by atoms with E-state index in [0.29, 0.717) is 17.5 Å². The molecule has 0 bridgehead atoms. The molecule has 18 heavy (non-hydrogen) atoms. The van der Waals surface area contributed by atoms with Crippen LogP contribution in [0.1, 0.15) is 47.4 Å². The number of hydrogen-bond acceptors (Lipinski definition) is 3. The van der Waals surface area contributed by atoms with Crippen LogP contribution in [0.5, 0.6) is 0 Å². The van der Waals surface area contributed by atoms with E-state index in [0.717, 1.165) is 12.1 Å². The van der Waals surface area contributed by atoms with Crippen LogP contribution in [0, 0.1) is 0 Å². The van der Waals surface area contributed by atoms with Crippen LogP contribution in [-0.2, 0) is 0 Å². The van der Waals surface area contributed by atoms with Crippen molar-refractivity contribution >= 4 is 17.5 Å². The summed E-state index contributed by atoms with van der Waals surface area (Å²) < 4.78 is 0. The minimum absolute atomic E-state index is 0.218. The highest BCUT2D eigenvalue weighted by Crippen LogP contribution is 2.42. The van der Waals surface area contributed by atoms with E-state index in [1.165, 1.54) is 4.90 Å². The van der Waals surface area contributed by atoms with Crippen LogP contribution in [-0.4, -0.2) is 28.1 Å². The van der Waals surface area contributed by atoms with E-state index in [4.69, 9.17) is 0 Å². The molecule has 0 saturated carbocycles. The zero-order valence-electron chi connectivity index (χ0n) is 10.4. The number of amides is 2. The van der Waals surface area contributed by atoms with Crippen molar-refractivity contribution in [2.75, 3.05) is 0 Å². The largest absolute Gasteiger partial charge is 0.268 e. The zero-order valence-corrected chi connectivity index (χ0v) is 10.4. The number of benzene rings is 1. The van der Waals surface area contributed by atoms with Crippen molar-refractivity contribution < 1.29 is 9.59 Å². The molecule has 92 valence electrons. The summed E-state index contributed by atoms with van der Waals surface area (Å²) in [5.41, 5.74) is 1.27. The molecule has 2 heterocycles. The van der Waals surface area contributed by atoms with Crippen LogP contribution in [0.3, 0.4) is 0 Å². The van der Waals surface area contributed by atoms with E-state index in [-0.39, 0.29) is 11.8 Å². The van der Waals surface area contributed by atoms with Gasteiger partial charge in [-0.3, -0.25) is 14.6 Å². The minimum atomic E-state index is -0.665. The molecular formula is C14H14N2O2. The van der Waals surface area contributed by atoms with Gasteiger partial charge < -0.3 is 0 Å². The first-order chi connectivity index (χ1) is 8.65. The third-order valence-corrected chi connectivity index (χ3v) is 3.72. The maximum atomic E-state index is 12.3. The van der Waals surface area contributed by atoms with E-state index in [9.17, 15) is 9.59 Å². The Hall–Kier alpha value is -1.97. The Labute approximate surface area is 105 Å². The quantitative estimate of drug-likeness (QED) is 0.763. The Morgan fingerprint density at radius 1 is 1.11 bits per heavy atom. The molecule has 0 saturated heterocycles. The fraction of sp³-hybridized carbons (Fsp3) is 0.357. The average Bonchev–Trinajstić information content (AvgIpc) is 3.07. The first-order valence-corrected chi connectivity index (χ1v) is 6.22. The van der Waals surface area contributed by atoms with Crippen LogP contribution in [0.15, 0.2) is 29.3 Å². The molecule has 1 unspecified atom stereocenters. The van der Waals surface area contributed by atoms with Gasteiger partial charge in [0, 0.05) is 0 Å². The summed E-state index contributed by atoms with van der Waals surface area (Å²) in [5, 5.41) is 0. The van der Waals surface area contributed by atoms with Gasteiger partial charge >= 0.3 is 0 Å². The average molecular weight is 242 g/mol. The van der Waals surface area contributed by atoms with Crippen LogP contribution in [0.2, 0.25) is 0 Å². The second kappa shape index (κ2) is 3.51. The summed E-state index contributed by atoms with van der Waals surface area (Å²) in [6.07, 6.45) is 1.43. The van der Waals surface area contributed by atoms with E-state index in [1.54, 1.807) is 24.3 Å². The first-order valence-electron chi connectivity index (χ1n) is 6.22. The molecule has 0 spiro atoms. The number of carbonyl (C=O) groups is 2. The van der Waals surface area contributed by atoms with E-state index >= 15 is 0 Å². The predicted molar refractivity (Wildman–Crippen MR) is 67.7 cm³/mol. The third kappa shape index (κ3) is 1.17. The molecule has 0 aliphatic carbocycles. The molecule has 4 heteroatoms. The number of aliphatic imine (C=N–C) groups is 1. The summed E-state index contributed by atoms with van der Waals surface area (Å²) in [7, 11) is 0. The molecule has 2 amide bonds. The van der Waals surface area contributed by atoms with Gasteiger partial charge in [-0.1, -0.05) is 26.0 Å². The SMILES string of the molecule is CCC1=NC1(CC)N1C(=O)c2ccccc2C1=O. The maximum Gasteiger partial charge on any atom is 0.263 e. The second-order valence-electron chi connectivity index (χ2n) is 4.57. The molecule has 2 aliphatic rings. The Bertz CT molecular complexity index is 556. The molecule has 3 rings (SSSR count). The number of carbonyl (C=O) groups excluding carboxylic acids is 2. The van der Waals surface area contributed by atoms with Gasteiger partial charge in [-0.2, -0.15) is 0 Å². The number of imide groups is 1. The van der Waals surface area contributed by atoms with Crippen LogP contribution in [0.4, 0.5) is 0 Å². The Balaban J connectivity index is 2.03. The van der Waals surface area contributed by atoms with Crippen molar-refractivity contribution in [2.45, 2.75) is 32.4 Å². The molecule has 2 aliphatic heterocycles. The lowest BCUT2D eigenvalue weighted by atomic mass is 10.1. The molecule has 1 atom stereocenters. The fourth-order valence-corrected chi connectivity index (χ4v) is 2.70. The standard InChI is InChI=1S/C14H14N2O2/c1-3-11-14(4-2,15-11)16-12(17)9-7-5-6-8-10(9)13(16)18/h5-8H,3-4H2,1-2H3. The fourth-order valence-electron chi connectivity index (χ4n) is 2.70. The Morgan fingerprint density at radius 3 is 2.06 bits per heavy atom. The van der Waals surface area contributed by atoms with Gasteiger partial charge in [-0.25, -0.2) is 4.90 Å². The normalized spacial score (nSPS) is 25.2. The second-order valence-corrected chi connectivity index (χ2v) is 4.57. The van der Waals surface area contributed by atoms with Crippen LogP contribution >= 0.6 is 0 Å². The number of rotatable bonds is 3. The van der Waals surface area contributed by atoms with Gasteiger partial charge in [0.25, 0.3) is 11.8 Å². The molecule has 0 N–H and O–H groups in total. The van der Waals surface area contributed by atoms with E-state index < -0.39 is 5.66 Å². The van der Waals surface area contributed by atoms with Crippen molar-refractivity contribution in [1.29, 1.82) is 0 Å². The topological polar surface area (TPSA) is 49.7 Å². The van der Waals surface area contributed by atoms with E-state index in [2.05, 4.69) is 4.99 Å². The van der Waals surface area contributed by atoms with Gasteiger partial charge in [-0.05, 0) is 25.0 Å². The molecule has 4 nitrogen and oxygen atoms in total. The molecule has 1 aromatic rings. The molecule has 0 radical (unpaired) electrons. The highest BCUT2D eigenvalue weighted by Gasteiger charge is 2.57. The van der Waals surface area contributed by atoms with E-state index in [1.807, 2.05) is 13.8 Å². The summed E-state index contributed by atoms with van der Waals surface area (Å²) in [6.45, 7) is 3.95. The summed E-state index contributed by atoms with van der Waals surface area (Å²) >= 11 is 0. The molecule has 0 aromatic heterocycles. The number of nitrogens with zero attached hydrogens (tertiary/aromatic N) is 2. The van der Waals surface area contributed by atoms with Gasteiger partial charge in [0.1, 0.15) is 0 Å². The monoisotopic (exact) mass is 242 g/mol. The summed E-state index contributed by atoms with van der Waals surface area (Å²) in [5.74, 6) is -0.436. The lowest BCUT2D eigenvalue weighted by Crippen LogP contribution is -2.45. The van der Waals surface area contributed by atoms with Crippen molar-refractivity contribution in [3.05, 3.63) is 35.4 Å². The van der Waals surface area contributed by atoms with Gasteiger partial charge in [0.15, 0.2) is 5.66 Å². The van der Waals surface area contributed by atoms with Crippen molar-refractivity contribution in [2.24, 2.45) is 4.99 Å². The zero-order chi connectivity index (χ0) is 12.9. The molecule has 1 aromatic carbocycles. The van der Waals surface area contributed by atoms with Crippen molar-refractivity contribution in [3.8, 4) is 0 Å². The smallest absolute Gasteiger partial charge is 0.263 e. The highest BCUT2D eigenvalue weighted by molar-refractivity contribution is 6.25. The van der Waals surface area contributed by atoms with Gasteiger partial charge in [0.2, 0.25) is 0 Å². The predicted octanol–water partition coefficient (Wildman–Crippen LogP) is 2.25. The van der Waals surface area contributed by atoms with Crippen molar-refractivity contribution in [1.82, 2.24) is 4.90 Å². The molecular weight excluding hydrogens is 228 g/mol. The van der Waals surface area contributed by atoms with Crippen molar-refractivity contribution in [3.63, 3.8) is 0 Å².